The lowest BCUT2D eigenvalue weighted by Crippen LogP contribution is -1.97. The van der Waals surface area contributed by atoms with Crippen LogP contribution >= 0.6 is 0 Å². The van der Waals surface area contributed by atoms with Crippen LogP contribution in [0.5, 0.6) is 11.5 Å². The monoisotopic (exact) mass is 222 g/mol. The lowest BCUT2D eigenvalue weighted by molar-refractivity contribution is 0.383. The SMILES string of the molecule is COc1cccc(OC)c1-c1noc(=O)[nH]1. The van der Waals surface area contributed by atoms with Gasteiger partial charge in [0, 0.05) is 0 Å². The number of rotatable bonds is 3. The highest BCUT2D eigenvalue weighted by atomic mass is 16.5. The molecule has 1 heterocycles. The van der Waals surface area contributed by atoms with Gasteiger partial charge in [0.1, 0.15) is 17.1 Å². The van der Waals surface area contributed by atoms with Crippen LogP contribution in [0.1, 0.15) is 0 Å². The van der Waals surface area contributed by atoms with Crippen molar-refractivity contribution in [1.82, 2.24) is 10.1 Å². The Morgan fingerprint density at radius 2 is 1.88 bits per heavy atom. The predicted octanol–water partition coefficient (Wildman–Crippen LogP) is 1.05. The minimum absolute atomic E-state index is 0.277. The quantitative estimate of drug-likeness (QED) is 0.839. The van der Waals surface area contributed by atoms with Crippen molar-refractivity contribution in [3.8, 4) is 22.9 Å². The fourth-order valence-corrected chi connectivity index (χ4v) is 1.42. The first-order chi connectivity index (χ1) is 7.76. The number of nitrogens with one attached hydrogen (secondary N) is 1. The lowest BCUT2D eigenvalue weighted by Gasteiger charge is -2.09. The molecule has 2 rings (SSSR count). The van der Waals surface area contributed by atoms with Gasteiger partial charge in [-0.3, -0.25) is 9.51 Å². The highest BCUT2D eigenvalue weighted by Gasteiger charge is 2.16. The summed E-state index contributed by atoms with van der Waals surface area (Å²) in [6.45, 7) is 0. The van der Waals surface area contributed by atoms with Crippen LogP contribution in [0.25, 0.3) is 11.4 Å². The summed E-state index contributed by atoms with van der Waals surface area (Å²) in [5.41, 5.74) is 0.554. The molecule has 0 spiro atoms. The molecule has 0 amide bonds. The third-order valence-electron chi connectivity index (χ3n) is 2.10. The molecular weight excluding hydrogens is 212 g/mol. The summed E-state index contributed by atoms with van der Waals surface area (Å²) in [4.78, 5) is 13.3. The highest BCUT2D eigenvalue weighted by Crippen LogP contribution is 2.35. The van der Waals surface area contributed by atoms with Crippen LogP contribution in [0.3, 0.4) is 0 Å². The molecule has 0 saturated carbocycles. The molecule has 0 saturated heterocycles. The summed E-state index contributed by atoms with van der Waals surface area (Å²) in [5, 5.41) is 3.60. The number of H-pyrrole nitrogens is 1. The second-order valence-electron chi connectivity index (χ2n) is 2.98. The maximum Gasteiger partial charge on any atom is 0.439 e. The molecule has 6 nitrogen and oxygen atoms in total. The molecule has 2 aromatic rings. The van der Waals surface area contributed by atoms with Crippen LogP contribution < -0.4 is 15.2 Å². The van der Waals surface area contributed by atoms with Crippen molar-refractivity contribution in [3.05, 3.63) is 28.7 Å². The lowest BCUT2D eigenvalue weighted by atomic mass is 10.1. The third kappa shape index (κ3) is 1.65. The van der Waals surface area contributed by atoms with E-state index in [1.165, 1.54) is 14.2 Å². The highest BCUT2D eigenvalue weighted by molar-refractivity contribution is 5.71. The first-order valence-corrected chi connectivity index (χ1v) is 4.53. The minimum atomic E-state index is -0.622. The second kappa shape index (κ2) is 4.09. The van der Waals surface area contributed by atoms with Gasteiger partial charge in [0.2, 0.25) is 0 Å². The predicted molar refractivity (Wildman–Crippen MR) is 55.7 cm³/mol. The molecule has 0 aliphatic heterocycles. The van der Waals surface area contributed by atoms with Crippen molar-refractivity contribution in [2.45, 2.75) is 0 Å². The molecule has 1 N–H and O–H groups in total. The van der Waals surface area contributed by atoms with Gasteiger partial charge in [0.25, 0.3) is 0 Å². The smallest absolute Gasteiger partial charge is 0.439 e. The minimum Gasteiger partial charge on any atom is -0.496 e. The zero-order valence-electron chi connectivity index (χ0n) is 8.81. The van der Waals surface area contributed by atoms with E-state index in [4.69, 9.17) is 9.47 Å². The molecule has 1 aromatic heterocycles. The Labute approximate surface area is 90.8 Å². The van der Waals surface area contributed by atoms with Crippen LogP contribution in [0.15, 0.2) is 27.5 Å². The van der Waals surface area contributed by atoms with Gasteiger partial charge in [-0.05, 0) is 12.1 Å². The maximum absolute atomic E-state index is 10.9. The van der Waals surface area contributed by atoms with Crippen molar-refractivity contribution in [3.63, 3.8) is 0 Å². The molecule has 1 aromatic carbocycles. The van der Waals surface area contributed by atoms with Gasteiger partial charge in [0.15, 0.2) is 5.82 Å². The molecule has 0 atom stereocenters. The van der Waals surface area contributed by atoms with E-state index in [9.17, 15) is 4.79 Å². The van der Waals surface area contributed by atoms with Crippen molar-refractivity contribution in [1.29, 1.82) is 0 Å². The van der Waals surface area contributed by atoms with Crippen molar-refractivity contribution >= 4 is 0 Å². The number of nitrogens with zero attached hydrogens (tertiary/aromatic N) is 1. The van der Waals surface area contributed by atoms with E-state index >= 15 is 0 Å². The first-order valence-electron chi connectivity index (χ1n) is 4.53. The number of benzene rings is 1. The largest absolute Gasteiger partial charge is 0.496 e. The van der Waals surface area contributed by atoms with Crippen LogP contribution in [-0.2, 0) is 0 Å². The third-order valence-corrected chi connectivity index (χ3v) is 2.10. The number of hydrogen-bond donors (Lipinski definition) is 1. The summed E-state index contributed by atoms with van der Waals surface area (Å²) in [7, 11) is 3.05. The summed E-state index contributed by atoms with van der Waals surface area (Å²) < 4.78 is 14.8. The summed E-state index contributed by atoms with van der Waals surface area (Å²) in [6.07, 6.45) is 0. The average Bonchev–Trinajstić information content (AvgIpc) is 2.74. The number of hydrogen-bond acceptors (Lipinski definition) is 5. The number of ether oxygens (including phenoxy) is 2. The van der Waals surface area contributed by atoms with Gasteiger partial charge in [-0.1, -0.05) is 11.2 Å². The standard InChI is InChI=1S/C10H10N2O4/c1-14-6-4-3-5-7(15-2)8(6)9-11-10(13)16-12-9/h3-5H,1-2H3,(H,11,12,13). The van der Waals surface area contributed by atoms with E-state index in [1.54, 1.807) is 18.2 Å². The molecule has 6 heteroatoms. The zero-order valence-corrected chi connectivity index (χ0v) is 8.81. The molecule has 0 aliphatic rings. The summed E-state index contributed by atoms with van der Waals surface area (Å²) in [6, 6.07) is 5.26. The van der Waals surface area contributed by atoms with E-state index in [2.05, 4.69) is 14.7 Å². The van der Waals surface area contributed by atoms with E-state index in [0.717, 1.165) is 0 Å². The molecule has 0 fully saturated rings. The second-order valence-corrected chi connectivity index (χ2v) is 2.98. The molecule has 0 aliphatic carbocycles. The van der Waals surface area contributed by atoms with Gasteiger partial charge in [-0.25, -0.2) is 4.79 Å². The van der Waals surface area contributed by atoms with Crippen molar-refractivity contribution < 1.29 is 14.0 Å². The van der Waals surface area contributed by atoms with Gasteiger partial charge in [-0.2, -0.15) is 0 Å². The van der Waals surface area contributed by atoms with E-state index in [1.807, 2.05) is 0 Å². The van der Waals surface area contributed by atoms with Crippen molar-refractivity contribution in [2.75, 3.05) is 14.2 Å². The summed E-state index contributed by atoms with van der Waals surface area (Å²) in [5.74, 6) is 0.745. The van der Waals surface area contributed by atoms with E-state index < -0.39 is 5.76 Å². The van der Waals surface area contributed by atoms with Gasteiger partial charge in [-0.15, -0.1) is 0 Å². The molecular formula is C10H10N2O4. The zero-order chi connectivity index (χ0) is 11.5. The van der Waals surface area contributed by atoms with Gasteiger partial charge < -0.3 is 9.47 Å². The number of methoxy groups -OCH3 is 2. The van der Waals surface area contributed by atoms with Gasteiger partial charge in [0.05, 0.1) is 14.2 Å². The van der Waals surface area contributed by atoms with Crippen LogP contribution in [0.2, 0.25) is 0 Å². The molecule has 0 bridgehead atoms. The fraction of sp³-hybridized carbons (Fsp3) is 0.200. The van der Waals surface area contributed by atoms with Crippen LogP contribution in [-0.4, -0.2) is 24.4 Å². The van der Waals surface area contributed by atoms with Crippen LogP contribution in [0.4, 0.5) is 0 Å². The Morgan fingerprint density at radius 3 is 2.31 bits per heavy atom. The number of aromatic amines is 1. The average molecular weight is 222 g/mol. The molecule has 0 radical (unpaired) electrons. The van der Waals surface area contributed by atoms with Crippen molar-refractivity contribution in [2.24, 2.45) is 0 Å². The Morgan fingerprint density at radius 1 is 1.25 bits per heavy atom. The fourth-order valence-electron chi connectivity index (χ4n) is 1.42. The topological polar surface area (TPSA) is 77.3 Å². The Hall–Kier alpha value is -2.24. The first kappa shape index (κ1) is 10.3. The molecule has 0 unspecified atom stereocenters. The summed E-state index contributed by atoms with van der Waals surface area (Å²) >= 11 is 0. The van der Waals surface area contributed by atoms with Crippen LogP contribution in [0, 0.1) is 0 Å². The van der Waals surface area contributed by atoms with E-state index in [0.29, 0.717) is 17.1 Å². The normalized spacial score (nSPS) is 10.1. The number of aromatic nitrogens is 2. The Balaban J connectivity index is 2.65. The van der Waals surface area contributed by atoms with E-state index in [-0.39, 0.29) is 5.82 Å². The Bertz CT molecular complexity index is 521. The Kier molecular flexibility index (Phi) is 2.63. The molecule has 16 heavy (non-hydrogen) atoms. The molecule has 84 valence electrons. The maximum atomic E-state index is 10.9. The van der Waals surface area contributed by atoms with Gasteiger partial charge >= 0.3 is 5.76 Å².